The van der Waals surface area contributed by atoms with E-state index >= 15 is 0 Å². The Balaban J connectivity index is 1.96. The van der Waals surface area contributed by atoms with Crippen molar-refractivity contribution in [3.63, 3.8) is 0 Å². The molecule has 1 aliphatic rings. The molecule has 0 aromatic heterocycles. The highest BCUT2D eigenvalue weighted by atomic mass is 35.5. The summed E-state index contributed by atoms with van der Waals surface area (Å²) in [4.78, 5) is 0. The van der Waals surface area contributed by atoms with Gasteiger partial charge in [-0.2, -0.15) is 0 Å². The molecule has 2 rings (SSSR count). The quantitative estimate of drug-likeness (QED) is 0.893. The van der Waals surface area contributed by atoms with Crippen LogP contribution in [0.15, 0.2) is 18.2 Å². The molecule has 0 saturated carbocycles. The van der Waals surface area contributed by atoms with Crippen LogP contribution < -0.4 is 5.32 Å². The van der Waals surface area contributed by atoms with Crippen molar-refractivity contribution in [2.75, 3.05) is 20.3 Å². The van der Waals surface area contributed by atoms with Crippen LogP contribution in [-0.2, 0) is 15.9 Å². The Morgan fingerprint density at radius 3 is 2.78 bits per heavy atom. The molecule has 5 heteroatoms. The monoisotopic (exact) mass is 273 g/mol. The summed E-state index contributed by atoms with van der Waals surface area (Å²) in [6.07, 6.45) is 1.32. The van der Waals surface area contributed by atoms with E-state index in [-0.39, 0.29) is 18.1 Å². The van der Waals surface area contributed by atoms with Crippen molar-refractivity contribution in [3.8, 4) is 0 Å². The summed E-state index contributed by atoms with van der Waals surface area (Å²) in [6, 6.07) is 4.68. The molecule has 0 bridgehead atoms. The van der Waals surface area contributed by atoms with Gasteiger partial charge in [-0.15, -0.1) is 0 Å². The predicted octanol–water partition coefficient (Wildman–Crippen LogP) is 2.37. The van der Waals surface area contributed by atoms with Crippen LogP contribution in [0.2, 0.25) is 5.02 Å². The molecular formula is C13H17ClFNO2. The average Bonchev–Trinajstić information content (AvgIpc) is 2.84. The van der Waals surface area contributed by atoms with Crippen LogP contribution in [0, 0.1) is 5.82 Å². The van der Waals surface area contributed by atoms with Crippen molar-refractivity contribution in [2.24, 2.45) is 0 Å². The topological polar surface area (TPSA) is 30.5 Å². The van der Waals surface area contributed by atoms with Gasteiger partial charge in [0.15, 0.2) is 6.29 Å². The summed E-state index contributed by atoms with van der Waals surface area (Å²) in [7, 11) is 1.89. The lowest BCUT2D eigenvalue weighted by atomic mass is 10.0. The Bertz CT molecular complexity index is 397. The molecule has 1 atom stereocenters. The lowest BCUT2D eigenvalue weighted by Gasteiger charge is -2.20. The molecule has 1 heterocycles. The van der Waals surface area contributed by atoms with E-state index in [0.29, 0.717) is 18.2 Å². The molecule has 1 unspecified atom stereocenters. The number of hydrogen-bond acceptors (Lipinski definition) is 3. The molecule has 1 fully saturated rings. The molecule has 0 amide bonds. The Hall–Kier alpha value is -0.680. The van der Waals surface area contributed by atoms with E-state index < -0.39 is 0 Å². The number of hydrogen-bond donors (Lipinski definition) is 1. The van der Waals surface area contributed by atoms with Crippen LogP contribution in [0.3, 0.4) is 0 Å². The number of ether oxygens (including phenoxy) is 2. The van der Waals surface area contributed by atoms with Gasteiger partial charge in [0, 0.05) is 17.5 Å². The maximum Gasteiger partial charge on any atom is 0.159 e. The standard InChI is InChI=1S/C13H17ClFNO2/c1-16-11(8-13-17-4-5-18-13)6-9-2-3-10(15)7-12(9)14/h2-3,7,11,13,16H,4-6,8H2,1H3. The van der Waals surface area contributed by atoms with Gasteiger partial charge in [0.2, 0.25) is 0 Å². The Morgan fingerprint density at radius 2 is 2.17 bits per heavy atom. The molecule has 1 saturated heterocycles. The maximum atomic E-state index is 13.0. The van der Waals surface area contributed by atoms with E-state index in [1.165, 1.54) is 12.1 Å². The Kier molecular flexibility index (Phi) is 4.95. The molecule has 18 heavy (non-hydrogen) atoms. The van der Waals surface area contributed by atoms with Crippen LogP contribution in [0.1, 0.15) is 12.0 Å². The number of nitrogens with one attached hydrogen (secondary N) is 1. The molecule has 1 aromatic rings. The number of rotatable bonds is 5. The van der Waals surface area contributed by atoms with Crippen LogP contribution >= 0.6 is 11.6 Å². The van der Waals surface area contributed by atoms with Crippen molar-refractivity contribution < 1.29 is 13.9 Å². The molecule has 1 aliphatic heterocycles. The number of halogens is 2. The Labute approximate surface area is 111 Å². The molecule has 0 radical (unpaired) electrons. The molecule has 3 nitrogen and oxygen atoms in total. The van der Waals surface area contributed by atoms with E-state index in [1.807, 2.05) is 7.05 Å². The second-order valence-electron chi connectivity index (χ2n) is 4.33. The first-order valence-electron chi connectivity index (χ1n) is 6.03. The zero-order valence-electron chi connectivity index (χ0n) is 10.3. The minimum absolute atomic E-state index is 0.151. The van der Waals surface area contributed by atoms with Crippen molar-refractivity contribution in [2.45, 2.75) is 25.2 Å². The second-order valence-corrected chi connectivity index (χ2v) is 4.74. The smallest absolute Gasteiger partial charge is 0.159 e. The van der Waals surface area contributed by atoms with Crippen molar-refractivity contribution in [1.82, 2.24) is 5.32 Å². The van der Waals surface area contributed by atoms with Gasteiger partial charge in [0.05, 0.1) is 13.2 Å². The summed E-state index contributed by atoms with van der Waals surface area (Å²) >= 11 is 6.02. The predicted molar refractivity (Wildman–Crippen MR) is 68.3 cm³/mol. The summed E-state index contributed by atoms with van der Waals surface area (Å²) in [5.74, 6) is -0.313. The second kappa shape index (κ2) is 6.48. The molecular weight excluding hydrogens is 257 g/mol. The van der Waals surface area contributed by atoms with E-state index in [4.69, 9.17) is 21.1 Å². The van der Waals surface area contributed by atoms with Gasteiger partial charge in [-0.05, 0) is 31.2 Å². The first-order chi connectivity index (χ1) is 8.69. The molecule has 100 valence electrons. The van der Waals surface area contributed by atoms with E-state index in [0.717, 1.165) is 18.4 Å². The lowest BCUT2D eigenvalue weighted by Crippen LogP contribution is -2.32. The number of benzene rings is 1. The van der Waals surface area contributed by atoms with E-state index in [9.17, 15) is 4.39 Å². The first kappa shape index (κ1) is 13.7. The molecule has 1 aromatic carbocycles. The Morgan fingerprint density at radius 1 is 1.44 bits per heavy atom. The SMILES string of the molecule is CNC(Cc1ccc(F)cc1Cl)CC1OCCO1. The van der Waals surface area contributed by atoms with Gasteiger partial charge in [-0.3, -0.25) is 0 Å². The highest BCUT2D eigenvalue weighted by molar-refractivity contribution is 6.31. The summed E-state index contributed by atoms with van der Waals surface area (Å²) < 4.78 is 23.8. The lowest BCUT2D eigenvalue weighted by molar-refractivity contribution is -0.0522. The molecule has 0 spiro atoms. The average molecular weight is 274 g/mol. The van der Waals surface area contributed by atoms with Crippen molar-refractivity contribution in [1.29, 1.82) is 0 Å². The fourth-order valence-electron chi connectivity index (χ4n) is 2.03. The van der Waals surface area contributed by atoms with Crippen LogP contribution in [0.4, 0.5) is 4.39 Å². The highest BCUT2D eigenvalue weighted by Crippen LogP contribution is 2.21. The van der Waals surface area contributed by atoms with Crippen LogP contribution in [0.25, 0.3) is 0 Å². The maximum absolute atomic E-state index is 13.0. The molecule has 0 aliphatic carbocycles. The third-order valence-corrected chi connectivity index (χ3v) is 3.41. The summed E-state index contributed by atoms with van der Waals surface area (Å²) in [6.45, 7) is 1.30. The molecule has 1 N–H and O–H groups in total. The van der Waals surface area contributed by atoms with E-state index in [1.54, 1.807) is 6.07 Å². The number of likely N-dealkylation sites (N-methyl/N-ethyl adjacent to an activating group) is 1. The summed E-state index contributed by atoms with van der Waals surface area (Å²) in [5.41, 5.74) is 0.926. The third-order valence-electron chi connectivity index (χ3n) is 3.06. The van der Waals surface area contributed by atoms with Gasteiger partial charge in [0.25, 0.3) is 0 Å². The largest absolute Gasteiger partial charge is 0.350 e. The van der Waals surface area contributed by atoms with Gasteiger partial charge in [-0.1, -0.05) is 17.7 Å². The zero-order valence-corrected chi connectivity index (χ0v) is 11.0. The van der Waals surface area contributed by atoms with Crippen molar-refractivity contribution in [3.05, 3.63) is 34.6 Å². The van der Waals surface area contributed by atoms with Gasteiger partial charge in [-0.25, -0.2) is 4.39 Å². The van der Waals surface area contributed by atoms with Gasteiger partial charge < -0.3 is 14.8 Å². The van der Waals surface area contributed by atoms with Gasteiger partial charge >= 0.3 is 0 Å². The van der Waals surface area contributed by atoms with Gasteiger partial charge in [0.1, 0.15) is 5.82 Å². The van der Waals surface area contributed by atoms with Crippen LogP contribution in [-0.4, -0.2) is 32.6 Å². The fourth-order valence-corrected chi connectivity index (χ4v) is 2.28. The summed E-state index contributed by atoms with van der Waals surface area (Å²) in [5, 5.41) is 3.67. The normalized spacial score (nSPS) is 18.2. The van der Waals surface area contributed by atoms with Crippen LogP contribution in [0.5, 0.6) is 0 Å². The van der Waals surface area contributed by atoms with E-state index in [2.05, 4.69) is 5.32 Å². The fraction of sp³-hybridized carbons (Fsp3) is 0.538. The third kappa shape index (κ3) is 3.65. The first-order valence-corrected chi connectivity index (χ1v) is 6.41. The van der Waals surface area contributed by atoms with Crippen molar-refractivity contribution >= 4 is 11.6 Å². The zero-order chi connectivity index (χ0) is 13.0. The minimum atomic E-state index is -0.313. The highest BCUT2D eigenvalue weighted by Gasteiger charge is 2.21. The minimum Gasteiger partial charge on any atom is -0.350 e.